The van der Waals surface area contributed by atoms with Crippen molar-refractivity contribution in [2.75, 3.05) is 13.1 Å². The molecule has 4 aromatic rings. The van der Waals surface area contributed by atoms with Gasteiger partial charge >= 0.3 is 0 Å². The van der Waals surface area contributed by atoms with Gasteiger partial charge in [0.05, 0.1) is 22.1 Å². The molecule has 1 fully saturated rings. The second kappa shape index (κ2) is 6.29. The first-order chi connectivity index (χ1) is 14.2. The van der Waals surface area contributed by atoms with E-state index in [4.69, 9.17) is 4.98 Å². The van der Waals surface area contributed by atoms with Gasteiger partial charge in [-0.2, -0.15) is 0 Å². The zero-order valence-electron chi connectivity index (χ0n) is 16.6. The summed E-state index contributed by atoms with van der Waals surface area (Å²) in [5.74, 6) is 1.58. The number of benzene rings is 2. The van der Waals surface area contributed by atoms with Crippen molar-refractivity contribution in [1.29, 1.82) is 0 Å². The predicted octanol–water partition coefficient (Wildman–Crippen LogP) is 4.18. The lowest BCUT2D eigenvalue weighted by molar-refractivity contribution is 0.0953. The van der Waals surface area contributed by atoms with E-state index in [0.717, 1.165) is 59.3 Å². The summed E-state index contributed by atoms with van der Waals surface area (Å²) in [5.41, 5.74) is 5.11. The summed E-state index contributed by atoms with van der Waals surface area (Å²) in [4.78, 5) is 24.0. The molecule has 1 N–H and O–H groups in total. The molecule has 6 rings (SSSR count). The number of hydrogen-bond donors (Lipinski definition) is 1. The van der Waals surface area contributed by atoms with Crippen LogP contribution in [0, 0.1) is 0 Å². The highest BCUT2D eigenvalue weighted by molar-refractivity contribution is 5.82. The van der Waals surface area contributed by atoms with Crippen LogP contribution in [0.15, 0.2) is 53.3 Å². The summed E-state index contributed by atoms with van der Waals surface area (Å²) < 4.78 is 2.32. The fraction of sp³-hybridized carbons (Fsp3) is 0.333. The molecule has 5 nitrogen and oxygen atoms in total. The van der Waals surface area contributed by atoms with E-state index in [-0.39, 0.29) is 11.7 Å². The van der Waals surface area contributed by atoms with Crippen LogP contribution in [0.1, 0.15) is 48.8 Å². The summed E-state index contributed by atoms with van der Waals surface area (Å²) in [6.07, 6.45) is 3.11. The van der Waals surface area contributed by atoms with Gasteiger partial charge in [-0.25, -0.2) is 4.98 Å². The number of aromatic amines is 1. The van der Waals surface area contributed by atoms with Crippen molar-refractivity contribution in [2.24, 2.45) is 0 Å². The summed E-state index contributed by atoms with van der Waals surface area (Å²) in [5, 5.41) is 1.10. The number of nitrogens with zero attached hydrogens (tertiary/aromatic N) is 3. The van der Waals surface area contributed by atoms with Crippen LogP contribution in [0.3, 0.4) is 0 Å². The molecule has 0 aliphatic carbocycles. The van der Waals surface area contributed by atoms with E-state index >= 15 is 0 Å². The number of fused-ring (bicyclic) bond motifs is 7. The number of para-hydroxylation sites is 3. The molecule has 5 heteroatoms. The lowest BCUT2D eigenvalue weighted by Gasteiger charge is -2.44. The van der Waals surface area contributed by atoms with Gasteiger partial charge in [-0.3, -0.25) is 9.69 Å². The molecule has 0 radical (unpaired) electrons. The number of piperidine rings is 1. The Kier molecular flexibility index (Phi) is 3.68. The summed E-state index contributed by atoms with van der Waals surface area (Å²) >= 11 is 0. The average molecular weight is 384 g/mol. The molecular formula is C24H24N4O. The first kappa shape index (κ1) is 17.0. The number of nitrogens with one attached hydrogen (secondary N) is 1. The Bertz CT molecular complexity index is 1300. The third-order valence-electron chi connectivity index (χ3n) is 6.69. The third-order valence-corrected chi connectivity index (χ3v) is 6.69. The topological polar surface area (TPSA) is 53.9 Å². The van der Waals surface area contributed by atoms with Gasteiger partial charge in [-0.05, 0) is 48.4 Å². The summed E-state index contributed by atoms with van der Waals surface area (Å²) in [6.45, 7) is 4.11. The highest BCUT2D eigenvalue weighted by Gasteiger charge is 2.39. The molecular weight excluding hydrogens is 360 g/mol. The van der Waals surface area contributed by atoms with Crippen LogP contribution in [0.5, 0.6) is 0 Å². The molecule has 1 saturated heterocycles. The summed E-state index contributed by atoms with van der Waals surface area (Å²) in [6, 6.07) is 16.7. The molecule has 2 aliphatic heterocycles. The number of H-pyrrole nitrogens is 1. The molecule has 1 unspecified atom stereocenters. The minimum atomic E-state index is -0.104. The van der Waals surface area contributed by atoms with Crippen LogP contribution < -0.4 is 5.56 Å². The van der Waals surface area contributed by atoms with Crippen LogP contribution in [-0.2, 0) is 6.42 Å². The molecule has 2 aromatic carbocycles. The van der Waals surface area contributed by atoms with Gasteiger partial charge in [0.25, 0.3) is 5.56 Å². The molecule has 3 atom stereocenters. The minimum absolute atomic E-state index is 0.0103. The van der Waals surface area contributed by atoms with Crippen LogP contribution in [0.2, 0.25) is 0 Å². The van der Waals surface area contributed by atoms with E-state index < -0.39 is 0 Å². The van der Waals surface area contributed by atoms with Crippen molar-refractivity contribution in [3.63, 3.8) is 0 Å². The Morgan fingerprint density at radius 1 is 1.17 bits per heavy atom. The SMILES string of the molecule is CCc1cccc2cc([C@H]3N4CCC[C@H](C4)c4nc5ccccc5n43)c(=O)[nH]c12. The Balaban J connectivity index is 1.64. The van der Waals surface area contributed by atoms with E-state index in [1.54, 1.807) is 0 Å². The summed E-state index contributed by atoms with van der Waals surface area (Å²) in [7, 11) is 0. The van der Waals surface area contributed by atoms with E-state index in [2.05, 4.69) is 63.8 Å². The van der Waals surface area contributed by atoms with Crippen molar-refractivity contribution in [3.05, 3.63) is 75.8 Å². The minimum Gasteiger partial charge on any atom is -0.321 e. The molecule has 2 aromatic heterocycles. The van der Waals surface area contributed by atoms with E-state index in [0.29, 0.717) is 5.92 Å². The maximum Gasteiger partial charge on any atom is 0.255 e. The molecule has 0 spiro atoms. The number of imidazole rings is 1. The highest BCUT2D eigenvalue weighted by atomic mass is 16.1. The van der Waals surface area contributed by atoms with E-state index in [9.17, 15) is 4.79 Å². The lowest BCUT2D eigenvalue weighted by Crippen LogP contribution is -2.47. The average Bonchev–Trinajstić information content (AvgIpc) is 3.14. The molecule has 146 valence electrons. The van der Waals surface area contributed by atoms with Crippen LogP contribution in [-0.4, -0.2) is 32.5 Å². The van der Waals surface area contributed by atoms with Gasteiger partial charge in [-0.15, -0.1) is 0 Å². The maximum atomic E-state index is 13.3. The van der Waals surface area contributed by atoms with Crippen molar-refractivity contribution < 1.29 is 0 Å². The first-order valence-corrected chi connectivity index (χ1v) is 10.6. The van der Waals surface area contributed by atoms with Gasteiger partial charge in [0.15, 0.2) is 0 Å². The lowest BCUT2D eigenvalue weighted by atomic mass is 9.92. The van der Waals surface area contributed by atoms with Crippen molar-refractivity contribution in [3.8, 4) is 0 Å². The molecule has 4 heterocycles. The van der Waals surface area contributed by atoms with E-state index in [1.165, 1.54) is 12.0 Å². The van der Waals surface area contributed by atoms with Gasteiger partial charge in [0.2, 0.25) is 0 Å². The van der Waals surface area contributed by atoms with Crippen molar-refractivity contribution in [2.45, 2.75) is 38.3 Å². The number of hydrogen-bond acceptors (Lipinski definition) is 3. The van der Waals surface area contributed by atoms with Crippen LogP contribution in [0.4, 0.5) is 0 Å². The Labute approximate surface area is 169 Å². The van der Waals surface area contributed by atoms with Crippen molar-refractivity contribution in [1.82, 2.24) is 19.4 Å². The van der Waals surface area contributed by atoms with Crippen molar-refractivity contribution >= 4 is 21.9 Å². The van der Waals surface area contributed by atoms with Gasteiger partial charge in [0.1, 0.15) is 12.0 Å². The molecule has 0 amide bonds. The second-order valence-electron chi connectivity index (χ2n) is 8.33. The van der Waals surface area contributed by atoms with Gasteiger partial charge in [0, 0.05) is 19.0 Å². The Hall–Kier alpha value is -2.92. The Morgan fingerprint density at radius 3 is 2.97 bits per heavy atom. The Morgan fingerprint density at radius 2 is 2.07 bits per heavy atom. The molecule has 2 bridgehead atoms. The van der Waals surface area contributed by atoms with Gasteiger partial charge in [-0.1, -0.05) is 37.3 Å². The van der Waals surface area contributed by atoms with Crippen LogP contribution in [0.25, 0.3) is 21.9 Å². The maximum absolute atomic E-state index is 13.3. The largest absolute Gasteiger partial charge is 0.321 e. The second-order valence-corrected chi connectivity index (χ2v) is 8.33. The smallest absolute Gasteiger partial charge is 0.255 e. The number of pyridine rings is 1. The number of aryl methyl sites for hydroxylation is 1. The normalized spacial score (nSPS) is 23.4. The zero-order chi connectivity index (χ0) is 19.5. The zero-order valence-corrected chi connectivity index (χ0v) is 16.6. The molecule has 2 aliphatic rings. The fourth-order valence-electron chi connectivity index (χ4n) is 5.34. The number of rotatable bonds is 2. The standard InChI is InChI=1S/C24H24N4O/c1-2-15-7-5-8-16-13-18(23(29)26-21(15)16)24-27-12-6-9-17(14-27)22-25-19-10-3-4-11-20(19)28(22)24/h3-5,7-8,10-11,13,17,24H,2,6,9,12,14H2,1H3,(H,26,29)/t17-,24+/m1/s1. The highest BCUT2D eigenvalue weighted by Crippen LogP contribution is 2.41. The molecule has 0 saturated carbocycles. The fourth-order valence-corrected chi connectivity index (χ4v) is 5.34. The monoisotopic (exact) mass is 384 g/mol. The predicted molar refractivity (Wildman–Crippen MR) is 115 cm³/mol. The third kappa shape index (κ3) is 2.43. The van der Waals surface area contributed by atoms with E-state index in [1.807, 2.05) is 6.07 Å². The van der Waals surface area contributed by atoms with Crippen LogP contribution >= 0.6 is 0 Å². The quantitative estimate of drug-likeness (QED) is 0.564. The first-order valence-electron chi connectivity index (χ1n) is 10.6. The van der Waals surface area contributed by atoms with Gasteiger partial charge < -0.3 is 9.55 Å². The molecule has 29 heavy (non-hydrogen) atoms. The number of aromatic nitrogens is 3.